The van der Waals surface area contributed by atoms with Crippen molar-refractivity contribution in [2.75, 3.05) is 12.4 Å². The van der Waals surface area contributed by atoms with Crippen molar-refractivity contribution < 1.29 is 17.9 Å². The van der Waals surface area contributed by atoms with Gasteiger partial charge < -0.3 is 10.1 Å². The predicted molar refractivity (Wildman–Crippen MR) is 129 cm³/mol. The van der Waals surface area contributed by atoms with Crippen LogP contribution in [0.5, 0.6) is 0 Å². The van der Waals surface area contributed by atoms with Crippen molar-refractivity contribution in [3.8, 4) is 5.69 Å². The number of carbonyl (C=O) groups is 1. The summed E-state index contributed by atoms with van der Waals surface area (Å²) in [4.78, 5) is 13.0. The van der Waals surface area contributed by atoms with Crippen molar-refractivity contribution in [2.45, 2.75) is 49.8 Å². The fraction of sp³-hybridized carbons (Fsp3) is 0.360. The second-order valence-corrected chi connectivity index (χ2v) is 11.0. The molecule has 1 fully saturated rings. The van der Waals surface area contributed by atoms with Crippen LogP contribution in [0, 0.1) is 0 Å². The van der Waals surface area contributed by atoms with Crippen molar-refractivity contribution in [1.29, 1.82) is 0 Å². The first kappa shape index (κ1) is 22.6. The number of rotatable bonds is 7. The van der Waals surface area contributed by atoms with Crippen LogP contribution in [-0.4, -0.2) is 31.3 Å². The summed E-state index contributed by atoms with van der Waals surface area (Å²) in [5.41, 5.74) is 5.21. The minimum atomic E-state index is -3.26. The number of ether oxygens (including phenoxy) is 1. The van der Waals surface area contributed by atoms with Gasteiger partial charge in [0.2, 0.25) is 0 Å². The Hall–Kier alpha value is -3.17. The zero-order chi connectivity index (χ0) is 23.7. The van der Waals surface area contributed by atoms with Crippen molar-refractivity contribution in [1.82, 2.24) is 15.1 Å². The molecule has 5 rings (SSSR count). The molecule has 0 atom stereocenters. The minimum Gasteiger partial charge on any atom is -0.380 e. The van der Waals surface area contributed by atoms with E-state index in [9.17, 15) is 13.2 Å². The Bertz CT molecular complexity index is 1310. The number of para-hydroxylation sites is 1. The lowest BCUT2D eigenvalue weighted by molar-refractivity contribution is 0.185. The maximum absolute atomic E-state index is 13.0. The highest BCUT2D eigenvalue weighted by Gasteiger charge is 2.33. The molecule has 2 aromatic carbocycles. The number of nitrogens with zero attached hydrogens (tertiary/aromatic N) is 2. The summed E-state index contributed by atoms with van der Waals surface area (Å²) in [5, 5.41) is 10.3. The van der Waals surface area contributed by atoms with Crippen molar-refractivity contribution in [2.24, 2.45) is 0 Å². The van der Waals surface area contributed by atoms with Crippen LogP contribution in [0.25, 0.3) is 5.69 Å². The van der Waals surface area contributed by atoms with Gasteiger partial charge in [-0.25, -0.2) is 17.9 Å². The van der Waals surface area contributed by atoms with Crippen LogP contribution in [0.2, 0.25) is 0 Å². The largest absolute Gasteiger partial charge is 0.380 e. The van der Waals surface area contributed by atoms with Crippen LogP contribution in [0.1, 0.15) is 53.1 Å². The molecular formula is C25H28N4O4S. The molecular weight excluding hydrogens is 452 g/mol. The molecule has 0 saturated heterocycles. The van der Waals surface area contributed by atoms with E-state index in [4.69, 9.17) is 4.74 Å². The van der Waals surface area contributed by atoms with Gasteiger partial charge in [0.1, 0.15) is 5.82 Å². The molecule has 2 N–H and O–H groups in total. The van der Waals surface area contributed by atoms with Gasteiger partial charge in [0.15, 0.2) is 9.84 Å². The normalized spacial score (nSPS) is 16.6. The highest BCUT2D eigenvalue weighted by Crippen LogP contribution is 2.38. The van der Waals surface area contributed by atoms with E-state index in [0.717, 1.165) is 16.8 Å². The van der Waals surface area contributed by atoms with Gasteiger partial charge in [-0.05, 0) is 47.6 Å². The fourth-order valence-corrected chi connectivity index (χ4v) is 6.13. The molecule has 8 nitrogen and oxygen atoms in total. The third-order valence-corrected chi connectivity index (χ3v) is 7.96. The summed E-state index contributed by atoms with van der Waals surface area (Å²) in [6.45, 7) is 0.885. The van der Waals surface area contributed by atoms with Crippen molar-refractivity contribution in [3.63, 3.8) is 0 Å². The number of urea groups is 1. The number of carbonyl (C=O) groups excluding carboxylic acids is 1. The summed E-state index contributed by atoms with van der Waals surface area (Å²) in [7, 11) is -1.59. The summed E-state index contributed by atoms with van der Waals surface area (Å²) in [6.07, 6.45) is 3.56. The molecule has 3 aromatic rings. The fourth-order valence-electron chi connectivity index (χ4n) is 4.64. The number of methoxy groups -OCH3 is 1. The van der Waals surface area contributed by atoms with Crippen LogP contribution in [0.3, 0.4) is 0 Å². The molecule has 2 amide bonds. The Kier molecular flexibility index (Phi) is 6.14. The smallest absolute Gasteiger partial charge is 0.320 e. The Labute approximate surface area is 199 Å². The highest BCUT2D eigenvalue weighted by molar-refractivity contribution is 7.90. The standard InChI is InChI=1S/C25H28N4O4S/c1-33-14-17-10-11-21(18-6-5-7-18)19(12-17)13-26-25(30)27-24-22-15-34(31,32)16-23(22)28-29(24)20-8-3-2-4-9-20/h2-4,8-12,18H,5-7,13-16H2,1H3,(H2,26,27,30). The second-order valence-electron chi connectivity index (χ2n) is 8.96. The lowest BCUT2D eigenvalue weighted by Crippen LogP contribution is -2.30. The lowest BCUT2D eigenvalue weighted by Gasteiger charge is -2.28. The number of benzene rings is 2. The van der Waals surface area contributed by atoms with Crippen LogP contribution in [-0.2, 0) is 39.2 Å². The number of hydrogen-bond acceptors (Lipinski definition) is 5. The maximum atomic E-state index is 13.0. The molecule has 2 heterocycles. The van der Waals surface area contributed by atoms with Crippen LogP contribution < -0.4 is 10.6 Å². The minimum absolute atomic E-state index is 0.116. The Morgan fingerprint density at radius 3 is 2.65 bits per heavy atom. The second kappa shape index (κ2) is 9.23. The van der Waals surface area contributed by atoms with Gasteiger partial charge in [0.25, 0.3) is 0 Å². The van der Waals surface area contributed by atoms with Gasteiger partial charge in [-0.15, -0.1) is 0 Å². The summed E-state index contributed by atoms with van der Waals surface area (Å²) in [6, 6.07) is 15.3. The third kappa shape index (κ3) is 4.58. The highest BCUT2D eigenvalue weighted by atomic mass is 32.2. The molecule has 1 aromatic heterocycles. The molecule has 178 valence electrons. The lowest BCUT2D eigenvalue weighted by atomic mass is 9.78. The van der Waals surface area contributed by atoms with Gasteiger partial charge in [-0.2, -0.15) is 5.10 Å². The monoisotopic (exact) mass is 480 g/mol. The Morgan fingerprint density at radius 1 is 1.15 bits per heavy atom. The molecule has 0 bridgehead atoms. The SMILES string of the molecule is COCc1ccc(C2CCC2)c(CNC(=O)Nc2c3c(nn2-c2ccccc2)CS(=O)(=O)C3)c1. The summed E-state index contributed by atoms with van der Waals surface area (Å²) < 4.78 is 31.2. The average molecular weight is 481 g/mol. The van der Waals surface area contributed by atoms with E-state index in [0.29, 0.717) is 36.1 Å². The van der Waals surface area contributed by atoms with Crippen molar-refractivity contribution >= 4 is 21.7 Å². The predicted octanol–water partition coefficient (Wildman–Crippen LogP) is 4.04. The third-order valence-electron chi connectivity index (χ3n) is 6.52. The number of fused-ring (bicyclic) bond motifs is 1. The van der Waals surface area contributed by atoms with Gasteiger partial charge >= 0.3 is 6.03 Å². The molecule has 1 aliphatic heterocycles. The zero-order valence-electron chi connectivity index (χ0n) is 19.1. The molecule has 1 saturated carbocycles. The average Bonchev–Trinajstić information content (AvgIpc) is 3.25. The summed E-state index contributed by atoms with van der Waals surface area (Å²) in [5.74, 6) is 0.683. The molecule has 2 aliphatic rings. The molecule has 9 heteroatoms. The van der Waals surface area contributed by atoms with E-state index < -0.39 is 15.9 Å². The first-order valence-electron chi connectivity index (χ1n) is 11.5. The number of anilines is 1. The zero-order valence-corrected chi connectivity index (χ0v) is 19.9. The van der Waals surface area contributed by atoms with Gasteiger partial charge in [0, 0.05) is 19.2 Å². The molecule has 1 aliphatic carbocycles. The van der Waals surface area contributed by atoms with E-state index in [1.54, 1.807) is 11.8 Å². The van der Waals surface area contributed by atoms with Crippen LogP contribution in [0.15, 0.2) is 48.5 Å². The summed E-state index contributed by atoms with van der Waals surface area (Å²) >= 11 is 0. The number of nitrogens with one attached hydrogen (secondary N) is 2. The number of amides is 2. The van der Waals surface area contributed by atoms with E-state index in [1.165, 1.54) is 24.8 Å². The quantitative estimate of drug-likeness (QED) is 0.531. The molecule has 0 unspecified atom stereocenters. The molecule has 34 heavy (non-hydrogen) atoms. The van der Waals surface area contributed by atoms with E-state index in [-0.39, 0.29) is 11.5 Å². The van der Waals surface area contributed by atoms with E-state index in [1.807, 2.05) is 30.3 Å². The first-order chi connectivity index (χ1) is 16.4. The van der Waals surface area contributed by atoms with Gasteiger partial charge in [-0.1, -0.05) is 42.8 Å². The van der Waals surface area contributed by atoms with Crippen LogP contribution in [0.4, 0.5) is 10.6 Å². The number of sulfone groups is 1. The first-order valence-corrected chi connectivity index (χ1v) is 13.3. The topological polar surface area (TPSA) is 102 Å². The Morgan fingerprint density at radius 2 is 1.94 bits per heavy atom. The molecule has 0 spiro atoms. The van der Waals surface area contributed by atoms with Gasteiger partial charge in [-0.3, -0.25) is 5.32 Å². The molecule has 0 radical (unpaired) electrons. The number of aromatic nitrogens is 2. The van der Waals surface area contributed by atoms with Crippen LogP contribution >= 0.6 is 0 Å². The van der Waals surface area contributed by atoms with Gasteiger partial charge in [0.05, 0.1) is 29.5 Å². The van der Waals surface area contributed by atoms with E-state index in [2.05, 4.69) is 33.9 Å². The maximum Gasteiger partial charge on any atom is 0.320 e. The number of hydrogen-bond donors (Lipinski definition) is 2. The Balaban J connectivity index is 1.37. The van der Waals surface area contributed by atoms with Crippen molar-refractivity contribution in [3.05, 3.63) is 76.5 Å². The van der Waals surface area contributed by atoms with E-state index >= 15 is 0 Å².